The van der Waals surface area contributed by atoms with Crippen molar-refractivity contribution in [2.75, 3.05) is 52.1 Å². The van der Waals surface area contributed by atoms with Crippen LogP contribution in [0.5, 0.6) is 5.75 Å². The van der Waals surface area contributed by atoms with Gasteiger partial charge in [0.15, 0.2) is 0 Å². The normalized spacial score (nSPS) is 17.6. The lowest BCUT2D eigenvalue weighted by molar-refractivity contribution is 0.134. The van der Waals surface area contributed by atoms with Gasteiger partial charge in [-0.05, 0) is 25.2 Å². The number of nitrogen functional groups attached to an aromatic ring is 1. The molecular weight excluding hydrogens is 252 g/mol. The molecule has 1 saturated heterocycles. The van der Waals surface area contributed by atoms with Gasteiger partial charge in [0, 0.05) is 50.0 Å². The number of nitrogens with one attached hydrogen (secondary N) is 1. The Hall–Kier alpha value is -1.72. The molecule has 0 unspecified atom stereocenters. The number of benzene rings is 1. The van der Waals surface area contributed by atoms with Crippen molar-refractivity contribution >= 4 is 16.6 Å². The first-order chi connectivity index (χ1) is 9.74. The van der Waals surface area contributed by atoms with E-state index in [1.54, 1.807) is 0 Å². The van der Waals surface area contributed by atoms with Gasteiger partial charge in [-0.25, -0.2) is 0 Å². The number of aromatic nitrogens is 1. The van der Waals surface area contributed by atoms with Crippen LogP contribution in [0.4, 0.5) is 5.69 Å². The topological polar surface area (TPSA) is 57.5 Å². The predicted molar refractivity (Wildman–Crippen MR) is 82.1 cm³/mol. The maximum atomic E-state index is 5.94. The predicted octanol–water partition coefficient (Wildman–Crippen LogP) is 1.38. The Morgan fingerprint density at radius 1 is 1.20 bits per heavy atom. The number of nitrogens with two attached hydrogens (primary N) is 1. The highest BCUT2D eigenvalue weighted by atomic mass is 16.5. The molecule has 1 aromatic carbocycles. The standard InChI is InChI=1S/C15H22N4O/c1-18-6-8-19(9-7-18)10-11-20-14-3-2-13(16)12-4-5-17-15(12)14/h2-5,17H,6-11,16H2,1H3. The van der Waals surface area contributed by atoms with Crippen molar-refractivity contribution in [3.63, 3.8) is 0 Å². The maximum Gasteiger partial charge on any atom is 0.143 e. The van der Waals surface area contributed by atoms with Gasteiger partial charge in [0.1, 0.15) is 12.4 Å². The number of ether oxygens (including phenoxy) is 1. The first-order valence-electron chi connectivity index (χ1n) is 7.13. The van der Waals surface area contributed by atoms with Crippen LogP contribution >= 0.6 is 0 Å². The van der Waals surface area contributed by atoms with Crippen LogP contribution in [0.3, 0.4) is 0 Å². The van der Waals surface area contributed by atoms with Crippen LogP contribution in [-0.2, 0) is 0 Å². The van der Waals surface area contributed by atoms with Crippen LogP contribution in [0.2, 0.25) is 0 Å². The second kappa shape index (κ2) is 5.73. The summed E-state index contributed by atoms with van der Waals surface area (Å²) < 4.78 is 5.92. The van der Waals surface area contributed by atoms with Crippen LogP contribution in [-0.4, -0.2) is 61.2 Å². The minimum absolute atomic E-state index is 0.710. The van der Waals surface area contributed by atoms with E-state index in [4.69, 9.17) is 10.5 Å². The van der Waals surface area contributed by atoms with Crippen LogP contribution in [0.25, 0.3) is 10.9 Å². The summed E-state index contributed by atoms with van der Waals surface area (Å²) in [5.74, 6) is 0.883. The zero-order valence-corrected chi connectivity index (χ0v) is 11.9. The van der Waals surface area contributed by atoms with Gasteiger partial charge >= 0.3 is 0 Å². The highest BCUT2D eigenvalue weighted by Gasteiger charge is 2.13. The summed E-state index contributed by atoms with van der Waals surface area (Å²) in [5, 5.41) is 1.03. The highest BCUT2D eigenvalue weighted by molar-refractivity contribution is 5.94. The molecule has 0 amide bonds. The largest absolute Gasteiger partial charge is 0.490 e. The van der Waals surface area contributed by atoms with E-state index in [1.165, 1.54) is 0 Å². The number of piperazine rings is 1. The lowest BCUT2D eigenvalue weighted by Crippen LogP contribution is -2.45. The van der Waals surface area contributed by atoms with Gasteiger partial charge in [0.2, 0.25) is 0 Å². The van der Waals surface area contributed by atoms with Gasteiger partial charge in [-0.1, -0.05) is 0 Å². The van der Waals surface area contributed by atoms with E-state index in [1.807, 2.05) is 24.4 Å². The Labute approximate surface area is 119 Å². The van der Waals surface area contributed by atoms with E-state index in [9.17, 15) is 0 Å². The van der Waals surface area contributed by atoms with E-state index >= 15 is 0 Å². The third-order valence-electron chi connectivity index (χ3n) is 3.98. The van der Waals surface area contributed by atoms with E-state index < -0.39 is 0 Å². The van der Waals surface area contributed by atoms with Crippen molar-refractivity contribution in [3.8, 4) is 5.75 Å². The molecule has 0 atom stereocenters. The number of hydrogen-bond acceptors (Lipinski definition) is 4. The first kappa shape index (κ1) is 13.3. The molecule has 1 aliphatic heterocycles. The molecule has 0 radical (unpaired) electrons. The second-order valence-electron chi connectivity index (χ2n) is 5.41. The molecule has 1 aliphatic rings. The molecule has 1 fully saturated rings. The van der Waals surface area contributed by atoms with Crippen molar-refractivity contribution in [2.45, 2.75) is 0 Å². The fraction of sp³-hybridized carbons (Fsp3) is 0.467. The minimum Gasteiger partial charge on any atom is -0.490 e. The van der Waals surface area contributed by atoms with Gasteiger partial charge < -0.3 is 20.4 Å². The van der Waals surface area contributed by atoms with Crippen molar-refractivity contribution in [1.29, 1.82) is 0 Å². The molecule has 20 heavy (non-hydrogen) atoms. The molecule has 108 valence electrons. The number of aromatic amines is 1. The number of likely N-dealkylation sites (N-methyl/N-ethyl adjacent to an activating group) is 1. The van der Waals surface area contributed by atoms with Gasteiger partial charge in [-0.15, -0.1) is 0 Å². The van der Waals surface area contributed by atoms with E-state index in [0.29, 0.717) is 6.61 Å². The van der Waals surface area contributed by atoms with Gasteiger partial charge in [0.05, 0.1) is 5.52 Å². The minimum atomic E-state index is 0.710. The summed E-state index contributed by atoms with van der Waals surface area (Å²) in [5.41, 5.74) is 7.71. The van der Waals surface area contributed by atoms with Crippen molar-refractivity contribution in [1.82, 2.24) is 14.8 Å². The van der Waals surface area contributed by atoms with Crippen molar-refractivity contribution in [2.24, 2.45) is 0 Å². The van der Waals surface area contributed by atoms with Crippen molar-refractivity contribution < 1.29 is 4.74 Å². The van der Waals surface area contributed by atoms with Crippen molar-refractivity contribution in [3.05, 3.63) is 24.4 Å². The molecule has 5 nitrogen and oxygen atoms in total. The Morgan fingerprint density at radius 2 is 2.00 bits per heavy atom. The van der Waals surface area contributed by atoms with Crippen LogP contribution in [0, 0.1) is 0 Å². The molecule has 5 heteroatoms. The fourth-order valence-electron chi connectivity index (χ4n) is 2.63. The van der Waals surface area contributed by atoms with Gasteiger partial charge in [-0.2, -0.15) is 0 Å². The Morgan fingerprint density at radius 3 is 2.80 bits per heavy atom. The molecule has 0 saturated carbocycles. The van der Waals surface area contributed by atoms with Gasteiger partial charge in [-0.3, -0.25) is 4.90 Å². The summed E-state index contributed by atoms with van der Waals surface area (Å²) in [6.45, 7) is 6.21. The molecule has 0 spiro atoms. The molecule has 0 aliphatic carbocycles. The Bertz CT molecular complexity index is 572. The SMILES string of the molecule is CN1CCN(CCOc2ccc(N)c3cc[nH]c23)CC1. The van der Waals surface area contributed by atoms with Crippen LogP contribution < -0.4 is 10.5 Å². The summed E-state index contributed by atoms with van der Waals surface area (Å²) in [4.78, 5) is 8.01. The van der Waals surface area contributed by atoms with E-state index in [2.05, 4.69) is 21.8 Å². The molecule has 1 aromatic heterocycles. The number of anilines is 1. The Balaban J connectivity index is 1.57. The zero-order chi connectivity index (χ0) is 13.9. The summed E-state index contributed by atoms with van der Waals surface area (Å²) in [6, 6.07) is 5.83. The Kier molecular flexibility index (Phi) is 3.80. The first-order valence-corrected chi connectivity index (χ1v) is 7.13. The monoisotopic (exact) mass is 274 g/mol. The molecular formula is C15H22N4O. The summed E-state index contributed by atoms with van der Waals surface area (Å²) >= 11 is 0. The van der Waals surface area contributed by atoms with Crippen LogP contribution in [0.15, 0.2) is 24.4 Å². The third kappa shape index (κ3) is 2.73. The average Bonchev–Trinajstić information content (AvgIpc) is 2.94. The number of H-pyrrole nitrogens is 1. The maximum absolute atomic E-state index is 5.94. The van der Waals surface area contributed by atoms with E-state index in [-0.39, 0.29) is 0 Å². The number of rotatable bonds is 4. The lowest BCUT2D eigenvalue weighted by Gasteiger charge is -2.32. The molecule has 0 bridgehead atoms. The van der Waals surface area contributed by atoms with E-state index in [0.717, 1.165) is 55.1 Å². The smallest absolute Gasteiger partial charge is 0.143 e. The number of hydrogen-bond donors (Lipinski definition) is 2. The zero-order valence-electron chi connectivity index (χ0n) is 11.9. The third-order valence-corrected chi connectivity index (χ3v) is 3.98. The highest BCUT2D eigenvalue weighted by Crippen LogP contribution is 2.28. The average molecular weight is 274 g/mol. The fourth-order valence-corrected chi connectivity index (χ4v) is 2.63. The quantitative estimate of drug-likeness (QED) is 0.827. The molecule has 3 rings (SSSR count). The lowest BCUT2D eigenvalue weighted by atomic mass is 10.2. The second-order valence-corrected chi connectivity index (χ2v) is 5.41. The molecule has 3 N–H and O–H groups in total. The molecule has 2 heterocycles. The number of nitrogens with zero attached hydrogens (tertiary/aromatic N) is 2. The van der Waals surface area contributed by atoms with Crippen LogP contribution in [0.1, 0.15) is 0 Å². The van der Waals surface area contributed by atoms with Gasteiger partial charge in [0.25, 0.3) is 0 Å². The number of fused-ring (bicyclic) bond motifs is 1. The summed E-state index contributed by atoms with van der Waals surface area (Å²) in [6.07, 6.45) is 1.90. The summed E-state index contributed by atoms with van der Waals surface area (Å²) in [7, 11) is 2.17. The molecule has 2 aromatic rings.